The van der Waals surface area contributed by atoms with Crippen molar-refractivity contribution in [1.29, 1.82) is 0 Å². The number of sulfonamides is 1. The van der Waals surface area contributed by atoms with Gasteiger partial charge in [-0.15, -0.1) is 0 Å². The molecule has 2 aliphatic rings. The first kappa shape index (κ1) is 29.0. The molecule has 10 heteroatoms. The van der Waals surface area contributed by atoms with E-state index >= 15 is 0 Å². The number of piperidine rings is 1. The lowest BCUT2D eigenvalue weighted by molar-refractivity contribution is -0.120. The molecular weight excluding hydrogens is 569 g/mol. The molecule has 8 nitrogen and oxygen atoms in total. The predicted molar refractivity (Wildman–Crippen MR) is 164 cm³/mol. The monoisotopic (exact) mass is 601 g/mol. The second-order valence-corrected chi connectivity index (χ2v) is 12.8. The van der Waals surface area contributed by atoms with E-state index in [0.29, 0.717) is 50.2 Å². The smallest absolute Gasteiger partial charge is 0.258 e. The fraction of sp³-hybridized carbons (Fsp3) is 0.273. The molecule has 4 aromatic carbocycles. The third-order valence-electron chi connectivity index (χ3n) is 8.20. The van der Waals surface area contributed by atoms with Gasteiger partial charge in [-0.2, -0.15) is 4.31 Å². The molecule has 1 N–H and O–H groups in total. The van der Waals surface area contributed by atoms with E-state index in [1.54, 1.807) is 60.5 Å². The lowest BCUT2D eigenvalue weighted by Gasteiger charge is -2.31. The molecule has 1 atom stereocenters. The van der Waals surface area contributed by atoms with Gasteiger partial charge in [0.1, 0.15) is 5.82 Å². The zero-order chi connectivity index (χ0) is 30.1. The number of hydrogen-bond acceptors (Lipinski definition) is 5. The molecule has 0 saturated carbocycles. The van der Waals surface area contributed by atoms with Gasteiger partial charge in [0.2, 0.25) is 15.9 Å². The van der Waals surface area contributed by atoms with Crippen molar-refractivity contribution in [2.24, 2.45) is 5.92 Å². The van der Waals surface area contributed by atoms with Crippen LogP contribution >= 0.6 is 0 Å². The Kier molecular flexibility index (Phi) is 8.00. The summed E-state index contributed by atoms with van der Waals surface area (Å²) in [6.07, 6.45) is 1.82. The molecule has 0 aliphatic carbocycles. The maximum absolute atomic E-state index is 13.5. The average Bonchev–Trinajstić information content (AvgIpc) is 3.30. The molecule has 2 amide bonds. The maximum Gasteiger partial charge on any atom is 0.258 e. The second-order valence-electron chi connectivity index (χ2n) is 10.9. The minimum absolute atomic E-state index is 0.0703. The van der Waals surface area contributed by atoms with Crippen LogP contribution in [0.2, 0.25) is 0 Å². The standard InChI is InChI=1S/C33H32FN3O5S/c1-42-20-4-19-37-30-17-16-29(27-6-2-7-28(31(27)30)33(37)39)35-32(38)24-5-3-18-36(21-24)43(40,41)26-14-10-23(11-15-26)22-8-12-25(34)13-9-22/h2,6-17,24H,3-5,18-21H2,1H3,(H,35,38). The first-order valence-electron chi connectivity index (χ1n) is 14.3. The van der Waals surface area contributed by atoms with Gasteiger partial charge in [-0.05, 0) is 72.9 Å². The van der Waals surface area contributed by atoms with Crippen molar-refractivity contribution < 1.29 is 27.1 Å². The van der Waals surface area contributed by atoms with Crippen molar-refractivity contribution in [1.82, 2.24) is 4.31 Å². The second kappa shape index (κ2) is 11.9. The summed E-state index contributed by atoms with van der Waals surface area (Å²) in [4.78, 5) is 28.5. The number of nitrogens with one attached hydrogen (secondary N) is 1. The number of benzene rings is 4. The molecule has 222 valence electrons. The molecule has 0 spiro atoms. The number of carbonyl (C=O) groups is 2. The van der Waals surface area contributed by atoms with Gasteiger partial charge in [-0.25, -0.2) is 12.8 Å². The van der Waals surface area contributed by atoms with Crippen LogP contribution in [0.15, 0.2) is 83.8 Å². The molecule has 1 fully saturated rings. The number of nitrogens with zero attached hydrogens (tertiary/aromatic N) is 2. The van der Waals surface area contributed by atoms with Crippen LogP contribution in [0.25, 0.3) is 21.9 Å². The molecule has 0 radical (unpaired) electrons. The van der Waals surface area contributed by atoms with Crippen LogP contribution in [0.4, 0.5) is 15.8 Å². The van der Waals surface area contributed by atoms with E-state index in [9.17, 15) is 22.4 Å². The van der Waals surface area contributed by atoms with Crippen LogP contribution in [0.1, 0.15) is 29.6 Å². The van der Waals surface area contributed by atoms with Crippen molar-refractivity contribution in [3.8, 4) is 11.1 Å². The number of carbonyl (C=O) groups excluding carboxylic acids is 2. The topological polar surface area (TPSA) is 96.0 Å². The third kappa shape index (κ3) is 5.53. The van der Waals surface area contributed by atoms with E-state index < -0.39 is 15.9 Å². The van der Waals surface area contributed by atoms with Gasteiger partial charge < -0.3 is 15.0 Å². The minimum atomic E-state index is -3.83. The van der Waals surface area contributed by atoms with Crippen molar-refractivity contribution >= 4 is 44.0 Å². The normalized spacial score (nSPS) is 17.0. The lowest BCUT2D eigenvalue weighted by Crippen LogP contribution is -2.43. The summed E-state index contributed by atoms with van der Waals surface area (Å²) in [5, 5.41) is 4.60. The highest BCUT2D eigenvalue weighted by atomic mass is 32.2. The van der Waals surface area contributed by atoms with Crippen LogP contribution in [0.3, 0.4) is 0 Å². The largest absolute Gasteiger partial charge is 0.385 e. The predicted octanol–water partition coefficient (Wildman–Crippen LogP) is 5.68. The number of anilines is 2. The molecule has 0 bridgehead atoms. The molecule has 2 aliphatic heterocycles. The van der Waals surface area contributed by atoms with Gasteiger partial charge in [0.15, 0.2) is 0 Å². The Morgan fingerprint density at radius 1 is 1.00 bits per heavy atom. The number of rotatable bonds is 9. The Morgan fingerprint density at radius 3 is 2.44 bits per heavy atom. The Hall–Kier alpha value is -4.12. The van der Waals surface area contributed by atoms with E-state index in [1.807, 2.05) is 18.2 Å². The van der Waals surface area contributed by atoms with Gasteiger partial charge in [0.05, 0.1) is 16.5 Å². The van der Waals surface area contributed by atoms with Gasteiger partial charge in [0, 0.05) is 55.4 Å². The first-order chi connectivity index (χ1) is 20.8. The molecular formula is C33H32FN3O5S. The summed E-state index contributed by atoms with van der Waals surface area (Å²) in [6.45, 7) is 1.48. The zero-order valence-corrected chi connectivity index (χ0v) is 24.6. The fourth-order valence-electron chi connectivity index (χ4n) is 5.96. The molecule has 4 aromatic rings. The lowest BCUT2D eigenvalue weighted by atomic mass is 9.98. The summed E-state index contributed by atoms with van der Waals surface area (Å²) in [7, 11) is -2.19. The molecule has 43 heavy (non-hydrogen) atoms. The molecule has 0 aromatic heterocycles. The Labute approximate surface area is 250 Å². The molecule has 1 saturated heterocycles. The van der Waals surface area contributed by atoms with Crippen LogP contribution in [-0.4, -0.2) is 57.9 Å². The minimum Gasteiger partial charge on any atom is -0.385 e. The highest BCUT2D eigenvalue weighted by Crippen LogP contribution is 2.41. The van der Waals surface area contributed by atoms with Crippen molar-refractivity contribution in [2.45, 2.75) is 24.2 Å². The maximum atomic E-state index is 13.5. The molecule has 6 rings (SSSR count). The Morgan fingerprint density at radius 2 is 1.72 bits per heavy atom. The first-order valence-corrected chi connectivity index (χ1v) is 15.8. The van der Waals surface area contributed by atoms with Gasteiger partial charge in [0.25, 0.3) is 5.91 Å². The van der Waals surface area contributed by atoms with Crippen LogP contribution < -0.4 is 10.2 Å². The van der Waals surface area contributed by atoms with Crippen LogP contribution in [0.5, 0.6) is 0 Å². The average molecular weight is 602 g/mol. The van der Waals surface area contributed by atoms with E-state index in [1.165, 1.54) is 16.4 Å². The Balaban J connectivity index is 1.18. The SMILES string of the molecule is COCCCN1C(=O)c2cccc3c(NC(=O)C4CCCN(S(=O)(=O)c5ccc(-c6ccc(F)cc6)cc5)C4)ccc1c23. The third-order valence-corrected chi connectivity index (χ3v) is 10.1. The highest BCUT2D eigenvalue weighted by molar-refractivity contribution is 7.89. The zero-order valence-electron chi connectivity index (χ0n) is 23.8. The van der Waals surface area contributed by atoms with E-state index in [2.05, 4.69) is 5.32 Å². The highest BCUT2D eigenvalue weighted by Gasteiger charge is 2.34. The summed E-state index contributed by atoms with van der Waals surface area (Å²) < 4.78 is 46.8. The number of ether oxygens (including phenoxy) is 1. The van der Waals surface area contributed by atoms with E-state index in [4.69, 9.17) is 4.74 Å². The molecule has 2 heterocycles. The fourth-order valence-corrected chi connectivity index (χ4v) is 7.49. The summed E-state index contributed by atoms with van der Waals surface area (Å²) in [6, 6.07) is 21.7. The number of methoxy groups -OCH3 is 1. The van der Waals surface area contributed by atoms with Crippen LogP contribution in [-0.2, 0) is 19.6 Å². The van der Waals surface area contributed by atoms with E-state index in [0.717, 1.165) is 27.6 Å². The number of halogens is 1. The van der Waals surface area contributed by atoms with Crippen molar-refractivity contribution in [2.75, 3.05) is 43.6 Å². The summed E-state index contributed by atoms with van der Waals surface area (Å²) in [5.41, 5.74) is 3.56. The summed E-state index contributed by atoms with van der Waals surface area (Å²) >= 11 is 0. The Bertz CT molecular complexity index is 1790. The van der Waals surface area contributed by atoms with Crippen LogP contribution in [0, 0.1) is 11.7 Å². The number of amides is 2. The van der Waals surface area contributed by atoms with E-state index in [-0.39, 0.29) is 29.1 Å². The van der Waals surface area contributed by atoms with Gasteiger partial charge in [-0.3, -0.25) is 9.59 Å². The van der Waals surface area contributed by atoms with Gasteiger partial charge in [-0.1, -0.05) is 36.4 Å². The van der Waals surface area contributed by atoms with Gasteiger partial charge >= 0.3 is 0 Å². The summed E-state index contributed by atoms with van der Waals surface area (Å²) in [5.74, 6) is -1.19. The van der Waals surface area contributed by atoms with Crippen molar-refractivity contribution in [3.05, 3.63) is 90.2 Å². The quantitative estimate of drug-likeness (QED) is 0.249. The molecule has 1 unspecified atom stereocenters. The number of hydrogen-bond donors (Lipinski definition) is 1. The van der Waals surface area contributed by atoms with Crippen molar-refractivity contribution in [3.63, 3.8) is 0 Å².